The fourth-order valence-corrected chi connectivity index (χ4v) is 4.33. The second kappa shape index (κ2) is 17.3. The number of phenols is 1. The molecule has 0 heterocycles. The average molecular weight is 598 g/mol. The van der Waals surface area contributed by atoms with Gasteiger partial charge in [-0.05, 0) is 54.9 Å². The number of hydrogen-bond acceptors (Lipinski definition) is 7. The highest BCUT2D eigenvalue weighted by molar-refractivity contribution is 5.94. The zero-order chi connectivity index (χ0) is 31.9. The van der Waals surface area contributed by atoms with Gasteiger partial charge in [0.05, 0.1) is 6.04 Å². The molecule has 3 amide bonds. The molecule has 0 bridgehead atoms. The Labute approximate surface area is 251 Å². The van der Waals surface area contributed by atoms with Crippen molar-refractivity contribution in [3.05, 3.63) is 65.7 Å². The molecule has 43 heavy (non-hydrogen) atoms. The summed E-state index contributed by atoms with van der Waals surface area (Å²) >= 11 is 0. The van der Waals surface area contributed by atoms with Gasteiger partial charge in [-0.25, -0.2) is 4.79 Å². The first-order chi connectivity index (χ1) is 20.3. The van der Waals surface area contributed by atoms with Crippen molar-refractivity contribution >= 4 is 29.7 Å². The molecule has 0 saturated heterocycles. The molecule has 11 N–H and O–H groups in total. The van der Waals surface area contributed by atoms with Gasteiger partial charge >= 0.3 is 5.97 Å². The molecular formula is C30H43N7O6. The molecule has 0 fully saturated rings. The predicted octanol–water partition coefficient (Wildman–Crippen LogP) is 0.143. The van der Waals surface area contributed by atoms with Crippen molar-refractivity contribution in [3.63, 3.8) is 0 Å². The van der Waals surface area contributed by atoms with Crippen LogP contribution in [0.2, 0.25) is 0 Å². The Morgan fingerprint density at radius 2 is 1.35 bits per heavy atom. The van der Waals surface area contributed by atoms with Gasteiger partial charge in [-0.3, -0.25) is 19.4 Å². The lowest BCUT2D eigenvalue weighted by Gasteiger charge is -2.26. The highest BCUT2D eigenvalue weighted by Crippen LogP contribution is 2.13. The summed E-state index contributed by atoms with van der Waals surface area (Å²) in [6, 6.07) is 10.8. The standard InChI is InChI=1S/C30H43N7O6/c1-18(2)15-24(36-26(39)22(31)16-19-7-4-3-5-8-19)28(41)35-23(9-6-14-34-30(32)33)27(40)37-25(29(42)43)17-20-10-12-21(38)13-11-20/h3-5,7-8,10-13,18,22-25,38H,6,9,14-17,31H2,1-2H3,(H,35,41)(H,36,39)(H,37,40)(H,42,43)(H4,32,33,34). The minimum atomic E-state index is -1.31. The minimum absolute atomic E-state index is 0.0113. The van der Waals surface area contributed by atoms with Crippen LogP contribution >= 0.6 is 0 Å². The molecule has 4 atom stereocenters. The van der Waals surface area contributed by atoms with Crippen LogP contribution in [0.3, 0.4) is 0 Å². The van der Waals surface area contributed by atoms with Crippen LogP contribution in [0.1, 0.15) is 44.2 Å². The molecule has 0 aromatic heterocycles. The third kappa shape index (κ3) is 12.8. The van der Waals surface area contributed by atoms with Gasteiger partial charge in [-0.1, -0.05) is 56.3 Å². The van der Waals surface area contributed by atoms with Crippen molar-refractivity contribution in [1.29, 1.82) is 0 Å². The van der Waals surface area contributed by atoms with Crippen molar-refractivity contribution < 1.29 is 29.4 Å². The summed E-state index contributed by atoms with van der Waals surface area (Å²) in [5.74, 6) is -3.22. The summed E-state index contributed by atoms with van der Waals surface area (Å²) < 4.78 is 0. The van der Waals surface area contributed by atoms with Crippen molar-refractivity contribution in [2.24, 2.45) is 28.1 Å². The number of benzene rings is 2. The molecule has 2 aromatic rings. The summed E-state index contributed by atoms with van der Waals surface area (Å²) in [7, 11) is 0. The number of carbonyl (C=O) groups is 4. The highest BCUT2D eigenvalue weighted by Gasteiger charge is 2.30. The highest BCUT2D eigenvalue weighted by atomic mass is 16.4. The zero-order valence-corrected chi connectivity index (χ0v) is 24.5. The van der Waals surface area contributed by atoms with Gasteiger partial charge in [0, 0.05) is 13.0 Å². The first-order valence-electron chi connectivity index (χ1n) is 14.1. The molecule has 0 saturated carbocycles. The second-order valence-electron chi connectivity index (χ2n) is 10.8. The van der Waals surface area contributed by atoms with Gasteiger partial charge in [0.25, 0.3) is 0 Å². The number of carboxylic acids is 1. The van der Waals surface area contributed by atoms with E-state index in [4.69, 9.17) is 17.2 Å². The van der Waals surface area contributed by atoms with Crippen LogP contribution in [0.25, 0.3) is 0 Å². The van der Waals surface area contributed by atoms with E-state index < -0.39 is 47.9 Å². The van der Waals surface area contributed by atoms with Gasteiger partial charge in [-0.2, -0.15) is 0 Å². The van der Waals surface area contributed by atoms with Crippen LogP contribution < -0.4 is 33.2 Å². The summed E-state index contributed by atoms with van der Waals surface area (Å²) in [4.78, 5) is 55.6. The van der Waals surface area contributed by atoms with E-state index in [1.807, 2.05) is 44.2 Å². The van der Waals surface area contributed by atoms with Crippen LogP contribution in [0.4, 0.5) is 0 Å². The average Bonchev–Trinajstić information content (AvgIpc) is 2.94. The van der Waals surface area contributed by atoms with E-state index in [0.717, 1.165) is 5.56 Å². The van der Waals surface area contributed by atoms with E-state index in [1.54, 1.807) is 12.1 Å². The van der Waals surface area contributed by atoms with E-state index in [-0.39, 0.29) is 49.9 Å². The third-order valence-electron chi connectivity index (χ3n) is 6.54. The number of aliphatic imine (C=N–C) groups is 1. The Balaban J connectivity index is 2.18. The number of rotatable bonds is 17. The normalized spacial score (nSPS) is 13.7. The maximum absolute atomic E-state index is 13.4. The minimum Gasteiger partial charge on any atom is -0.508 e. The molecule has 0 aliphatic heterocycles. The van der Waals surface area contributed by atoms with E-state index in [2.05, 4.69) is 20.9 Å². The quantitative estimate of drug-likeness (QED) is 0.0702. The first-order valence-corrected chi connectivity index (χ1v) is 14.1. The van der Waals surface area contributed by atoms with Crippen molar-refractivity contribution in [2.45, 2.75) is 70.1 Å². The number of amides is 3. The fourth-order valence-electron chi connectivity index (χ4n) is 4.33. The fraction of sp³-hybridized carbons (Fsp3) is 0.433. The molecule has 4 unspecified atom stereocenters. The summed E-state index contributed by atoms with van der Waals surface area (Å²) in [6.45, 7) is 3.95. The molecule has 13 heteroatoms. The van der Waals surface area contributed by atoms with Crippen LogP contribution in [-0.2, 0) is 32.0 Å². The Bertz CT molecular complexity index is 1230. The molecular weight excluding hydrogens is 554 g/mol. The summed E-state index contributed by atoms with van der Waals surface area (Å²) in [5.41, 5.74) is 18.3. The number of phenolic OH excluding ortho intramolecular Hbond substituents is 1. The number of guanidine groups is 1. The smallest absolute Gasteiger partial charge is 0.326 e. The molecule has 0 aliphatic carbocycles. The van der Waals surface area contributed by atoms with Gasteiger partial charge in [0.1, 0.15) is 23.9 Å². The molecule has 13 nitrogen and oxygen atoms in total. The number of carboxylic acid groups (broad SMARTS) is 1. The van der Waals surface area contributed by atoms with Gasteiger partial charge in [0.2, 0.25) is 17.7 Å². The monoisotopic (exact) mass is 597 g/mol. The first kappa shape index (κ1) is 34.6. The second-order valence-corrected chi connectivity index (χ2v) is 10.8. The van der Waals surface area contributed by atoms with Crippen LogP contribution in [-0.4, -0.2) is 70.6 Å². The SMILES string of the molecule is CC(C)CC(NC(=O)C(N)Cc1ccccc1)C(=O)NC(CCCN=C(N)N)C(=O)NC(Cc1ccc(O)cc1)C(=O)O. The number of aliphatic carboxylic acids is 1. The van der Waals surface area contributed by atoms with Gasteiger partial charge in [0.15, 0.2) is 5.96 Å². The topological polar surface area (TPSA) is 235 Å². The third-order valence-corrected chi connectivity index (χ3v) is 6.54. The predicted molar refractivity (Wildman–Crippen MR) is 163 cm³/mol. The van der Waals surface area contributed by atoms with Crippen molar-refractivity contribution in [1.82, 2.24) is 16.0 Å². The van der Waals surface area contributed by atoms with E-state index in [0.29, 0.717) is 12.0 Å². The van der Waals surface area contributed by atoms with Crippen molar-refractivity contribution in [3.8, 4) is 5.75 Å². The molecule has 0 aliphatic rings. The van der Waals surface area contributed by atoms with E-state index in [1.165, 1.54) is 12.1 Å². The number of nitrogens with two attached hydrogens (primary N) is 3. The lowest BCUT2D eigenvalue weighted by Crippen LogP contribution is -2.57. The number of hydrogen-bond donors (Lipinski definition) is 8. The molecule has 0 spiro atoms. The van der Waals surface area contributed by atoms with Gasteiger partial charge < -0.3 is 43.4 Å². The summed E-state index contributed by atoms with van der Waals surface area (Å²) in [6.07, 6.45) is 0.888. The molecule has 2 rings (SSSR count). The van der Waals surface area contributed by atoms with E-state index in [9.17, 15) is 29.4 Å². The number of nitrogens with zero attached hydrogens (tertiary/aromatic N) is 1. The van der Waals surface area contributed by atoms with Gasteiger partial charge in [-0.15, -0.1) is 0 Å². The van der Waals surface area contributed by atoms with Crippen LogP contribution in [0.5, 0.6) is 5.75 Å². The van der Waals surface area contributed by atoms with E-state index >= 15 is 0 Å². The Morgan fingerprint density at radius 3 is 1.93 bits per heavy atom. The Morgan fingerprint density at radius 1 is 0.791 bits per heavy atom. The maximum Gasteiger partial charge on any atom is 0.326 e. The Kier molecular flexibility index (Phi) is 13.9. The number of carbonyl (C=O) groups excluding carboxylic acids is 3. The number of aromatic hydroxyl groups is 1. The van der Waals surface area contributed by atoms with Crippen molar-refractivity contribution in [2.75, 3.05) is 6.54 Å². The lowest BCUT2D eigenvalue weighted by molar-refractivity contribution is -0.142. The van der Waals surface area contributed by atoms with Crippen LogP contribution in [0, 0.1) is 5.92 Å². The summed E-state index contributed by atoms with van der Waals surface area (Å²) in [5, 5.41) is 27.2. The largest absolute Gasteiger partial charge is 0.508 e. The molecule has 2 aromatic carbocycles. The number of nitrogens with one attached hydrogen (secondary N) is 3. The van der Waals surface area contributed by atoms with Crippen LogP contribution in [0.15, 0.2) is 59.6 Å². The molecule has 234 valence electrons. The Hall–Kier alpha value is -4.65. The lowest BCUT2D eigenvalue weighted by atomic mass is 10.0. The molecule has 0 radical (unpaired) electrons. The maximum atomic E-state index is 13.4. The zero-order valence-electron chi connectivity index (χ0n) is 24.5.